The lowest BCUT2D eigenvalue weighted by Crippen LogP contribution is -2.31. The van der Waals surface area contributed by atoms with E-state index in [9.17, 15) is 9.18 Å². The number of fused-ring (bicyclic) bond motifs is 1. The van der Waals surface area contributed by atoms with Gasteiger partial charge in [0.25, 0.3) is 0 Å². The summed E-state index contributed by atoms with van der Waals surface area (Å²) < 4.78 is 28.2. The number of halogens is 1. The molecular formula is C11H11FO4. The van der Waals surface area contributed by atoms with Crippen molar-refractivity contribution in [2.24, 2.45) is 0 Å². The molecule has 1 aromatic rings. The summed E-state index contributed by atoms with van der Waals surface area (Å²) in [6.07, 6.45) is -0.339. The van der Waals surface area contributed by atoms with Crippen LogP contribution in [0.15, 0.2) is 18.2 Å². The summed E-state index contributed by atoms with van der Waals surface area (Å²) in [4.78, 5) is 11.0. The number of carbonyl (C=O) groups is 1. The largest absolute Gasteiger partial charge is 0.486 e. The van der Waals surface area contributed by atoms with E-state index in [1.807, 2.05) is 0 Å². The van der Waals surface area contributed by atoms with E-state index in [1.54, 1.807) is 0 Å². The summed E-state index contributed by atoms with van der Waals surface area (Å²) in [5.41, 5.74) is 0. The van der Waals surface area contributed by atoms with Crippen LogP contribution >= 0.6 is 0 Å². The molecule has 0 N–H and O–H groups in total. The van der Waals surface area contributed by atoms with Crippen molar-refractivity contribution in [1.29, 1.82) is 0 Å². The molecule has 0 unspecified atom stereocenters. The highest BCUT2D eigenvalue weighted by molar-refractivity contribution is 5.69. The van der Waals surface area contributed by atoms with Gasteiger partial charge in [0.2, 0.25) is 0 Å². The Morgan fingerprint density at radius 1 is 1.56 bits per heavy atom. The fourth-order valence-electron chi connectivity index (χ4n) is 1.46. The number of carbonyl (C=O) groups excluding carboxylic acids is 1. The molecule has 4 nitrogen and oxygen atoms in total. The van der Waals surface area contributed by atoms with Gasteiger partial charge in [0.05, 0.1) is 13.5 Å². The van der Waals surface area contributed by atoms with Crippen molar-refractivity contribution in [2.45, 2.75) is 12.5 Å². The zero-order valence-electron chi connectivity index (χ0n) is 8.73. The highest BCUT2D eigenvalue weighted by atomic mass is 19.1. The van der Waals surface area contributed by atoms with Crippen molar-refractivity contribution in [3.05, 3.63) is 24.0 Å². The summed E-state index contributed by atoms with van der Waals surface area (Å²) in [6, 6.07) is 4.03. The predicted octanol–water partition coefficient (Wildman–Crippen LogP) is 1.53. The van der Waals surface area contributed by atoms with Gasteiger partial charge in [-0.3, -0.25) is 4.79 Å². The molecule has 0 amide bonds. The first-order valence-electron chi connectivity index (χ1n) is 4.85. The average Bonchev–Trinajstić information content (AvgIpc) is 2.28. The van der Waals surface area contributed by atoms with Crippen LogP contribution in [-0.2, 0) is 9.53 Å². The SMILES string of the molecule is COC(=O)C[C@@H]1COc2ccc(F)cc2O1. The minimum Gasteiger partial charge on any atom is -0.486 e. The number of methoxy groups -OCH3 is 1. The Bertz CT molecular complexity index is 405. The standard InChI is InChI=1S/C11H11FO4/c1-14-11(13)5-8-6-15-9-3-2-7(12)4-10(9)16-8/h2-4,8H,5-6H2,1H3/t8-/m1/s1. The lowest BCUT2D eigenvalue weighted by Gasteiger charge is -2.25. The van der Waals surface area contributed by atoms with Gasteiger partial charge >= 0.3 is 5.97 Å². The maximum Gasteiger partial charge on any atom is 0.309 e. The molecule has 0 saturated carbocycles. The summed E-state index contributed by atoms with van der Waals surface area (Å²) >= 11 is 0. The van der Waals surface area contributed by atoms with Gasteiger partial charge in [-0.1, -0.05) is 0 Å². The second kappa shape index (κ2) is 4.38. The minimum atomic E-state index is -0.429. The second-order valence-electron chi connectivity index (χ2n) is 3.42. The molecule has 0 fully saturated rings. The molecule has 0 aromatic heterocycles. The van der Waals surface area contributed by atoms with Gasteiger partial charge in [-0.05, 0) is 12.1 Å². The van der Waals surface area contributed by atoms with E-state index in [-0.39, 0.29) is 19.0 Å². The van der Waals surface area contributed by atoms with E-state index in [0.717, 1.165) is 0 Å². The van der Waals surface area contributed by atoms with Gasteiger partial charge in [-0.15, -0.1) is 0 Å². The quantitative estimate of drug-likeness (QED) is 0.717. The van der Waals surface area contributed by atoms with Crippen LogP contribution in [0.25, 0.3) is 0 Å². The van der Waals surface area contributed by atoms with Crippen molar-refractivity contribution in [2.75, 3.05) is 13.7 Å². The van der Waals surface area contributed by atoms with Gasteiger partial charge in [-0.25, -0.2) is 4.39 Å². The Morgan fingerprint density at radius 2 is 2.38 bits per heavy atom. The Morgan fingerprint density at radius 3 is 3.12 bits per heavy atom. The Hall–Kier alpha value is -1.78. The van der Waals surface area contributed by atoms with Gasteiger partial charge in [0, 0.05) is 6.07 Å². The summed E-state index contributed by atoms with van der Waals surface area (Å²) in [5.74, 6) is 0.0252. The molecule has 16 heavy (non-hydrogen) atoms. The van der Waals surface area contributed by atoms with Crippen molar-refractivity contribution in [3.8, 4) is 11.5 Å². The van der Waals surface area contributed by atoms with Gasteiger partial charge in [-0.2, -0.15) is 0 Å². The molecule has 1 aromatic carbocycles. The van der Waals surface area contributed by atoms with Crippen LogP contribution in [0.3, 0.4) is 0 Å². The smallest absolute Gasteiger partial charge is 0.309 e. The first kappa shape index (κ1) is 10.7. The fourth-order valence-corrected chi connectivity index (χ4v) is 1.46. The van der Waals surface area contributed by atoms with E-state index in [2.05, 4.69) is 4.74 Å². The number of rotatable bonds is 2. The summed E-state index contributed by atoms with van der Waals surface area (Å²) in [5, 5.41) is 0. The molecule has 5 heteroatoms. The van der Waals surface area contributed by atoms with Gasteiger partial charge < -0.3 is 14.2 Å². The number of ether oxygens (including phenoxy) is 3. The first-order valence-corrected chi connectivity index (χ1v) is 4.85. The van der Waals surface area contributed by atoms with Crippen molar-refractivity contribution in [1.82, 2.24) is 0 Å². The maximum absolute atomic E-state index is 12.9. The molecule has 2 rings (SSSR count). The van der Waals surface area contributed by atoms with Crippen LogP contribution in [0.2, 0.25) is 0 Å². The van der Waals surface area contributed by atoms with E-state index in [0.29, 0.717) is 11.5 Å². The zero-order valence-corrected chi connectivity index (χ0v) is 8.73. The van der Waals surface area contributed by atoms with Crippen LogP contribution in [-0.4, -0.2) is 25.8 Å². The van der Waals surface area contributed by atoms with Crippen molar-refractivity contribution >= 4 is 5.97 Å². The molecule has 0 aliphatic carbocycles. The fraction of sp³-hybridized carbons (Fsp3) is 0.364. The normalized spacial score (nSPS) is 18.0. The Balaban J connectivity index is 2.08. The van der Waals surface area contributed by atoms with Crippen molar-refractivity contribution in [3.63, 3.8) is 0 Å². The van der Waals surface area contributed by atoms with E-state index < -0.39 is 11.9 Å². The minimum absolute atomic E-state index is 0.0897. The van der Waals surface area contributed by atoms with Crippen molar-refractivity contribution < 1.29 is 23.4 Å². The van der Waals surface area contributed by atoms with E-state index >= 15 is 0 Å². The Labute approximate surface area is 91.9 Å². The van der Waals surface area contributed by atoms with E-state index in [4.69, 9.17) is 9.47 Å². The topological polar surface area (TPSA) is 44.8 Å². The van der Waals surface area contributed by atoms with Crippen LogP contribution in [0.5, 0.6) is 11.5 Å². The molecule has 0 saturated heterocycles. The average molecular weight is 226 g/mol. The van der Waals surface area contributed by atoms with E-state index in [1.165, 1.54) is 25.3 Å². The molecule has 1 atom stereocenters. The lowest BCUT2D eigenvalue weighted by atomic mass is 10.2. The molecule has 0 bridgehead atoms. The highest BCUT2D eigenvalue weighted by Gasteiger charge is 2.24. The summed E-state index contributed by atoms with van der Waals surface area (Å²) in [7, 11) is 1.31. The molecular weight excluding hydrogens is 215 g/mol. The monoisotopic (exact) mass is 226 g/mol. The molecule has 0 radical (unpaired) electrons. The second-order valence-corrected chi connectivity index (χ2v) is 3.42. The number of esters is 1. The number of benzene rings is 1. The Kier molecular flexibility index (Phi) is 2.94. The van der Waals surface area contributed by atoms with Crippen LogP contribution in [0.1, 0.15) is 6.42 Å². The van der Waals surface area contributed by atoms with Gasteiger partial charge in [0.15, 0.2) is 11.5 Å². The maximum atomic E-state index is 12.9. The molecule has 0 spiro atoms. The molecule has 86 valence electrons. The number of hydrogen-bond acceptors (Lipinski definition) is 4. The van der Waals surface area contributed by atoms with Crippen LogP contribution < -0.4 is 9.47 Å². The first-order chi connectivity index (χ1) is 7.69. The molecule has 1 aliphatic heterocycles. The molecule has 1 aliphatic rings. The van der Waals surface area contributed by atoms with Crippen LogP contribution in [0, 0.1) is 5.82 Å². The van der Waals surface area contributed by atoms with Gasteiger partial charge in [0.1, 0.15) is 18.5 Å². The lowest BCUT2D eigenvalue weighted by molar-refractivity contribution is -0.143. The third-order valence-electron chi connectivity index (χ3n) is 2.25. The summed E-state index contributed by atoms with van der Waals surface area (Å²) in [6.45, 7) is 0.258. The highest BCUT2D eigenvalue weighted by Crippen LogP contribution is 2.32. The van der Waals surface area contributed by atoms with Crippen LogP contribution in [0.4, 0.5) is 4.39 Å². The third kappa shape index (κ3) is 2.24. The number of hydrogen-bond donors (Lipinski definition) is 0. The predicted molar refractivity (Wildman–Crippen MR) is 52.9 cm³/mol. The zero-order chi connectivity index (χ0) is 11.5. The third-order valence-corrected chi connectivity index (χ3v) is 2.25. The molecule has 1 heterocycles.